The van der Waals surface area contributed by atoms with Gasteiger partial charge in [-0.15, -0.1) is 0 Å². The third-order valence-electron chi connectivity index (χ3n) is 2.87. The van der Waals surface area contributed by atoms with Crippen molar-refractivity contribution in [3.05, 3.63) is 23.5 Å². The molecule has 1 saturated carbocycles. The van der Waals surface area contributed by atoms with Gasteiger partial charge in [0.25, 0.3) is 0 Å². The number of rotatable bonds is 2. The fourth-order valence-electron chi connectivity index (χ4n) is 1.96. The average molecular weight is 226 g/mol. The molecule has 0 saturated heterocycles. The highest BCUT2D eigenvalue weighted by Crippen LogP contribution is 2.21. The van der Waals surface area contributed by atoms with Crippen LogP contribution < -0.4 is 11.1 Å². The summed E-state index contributed by atoms with van der Waals surface area (Å²) in [5.41, 5.74) is 6.89. The van der Waals surface area contributed by atoms with Crippen molar-refractivity contribution in [3.8, 4) is 0 Å². The van der Waals surface area contributed by atoms with Gasteiger partial charge in [-0.3, -0.25) is 0 Å². The predicted molar refractivity (Wildman–Crippen MR) is 63.1 cm³/mol. The molecule has 1 aliphatic rings. The number of nitrogens with one attached hydrogen (secondary N) is 1. The third-order valence-corrected chi connectivity index (χ3v) is 3.09. The van der Waals surface area contributed by atoms with Gasteiger partial charge in [-0.1, -0.05) is 11.6 Å². The number of anilines is 1. The van der Waals surface area contributed by atoms with E-state index in [9.17, 15) is 0 Å². The lowest BCUT2D eigenvalue weighted by atomic mass is 9.92. The standard InChI is InChI=1S/C11H16ClN3/c12-11-6-5-10(7-14-11)15-9-3-1-8(13)2-4-9/h5-9,15H,1-4,13H2. The Balaban J connectivity index is 1.89. The second-order valence-electron chi connectivity index (χ2n) is 4.13. The average Bonchev–Trinajstić information content (AvgIpc) is 2.25. The summed E-state index contributed by atoms with van der Waals surface area (Å²) in [6.45, 7) is 0. The molecule has 82 valence electrons. The van der Waals surface area contributed by atoms with E-state index < -0.39 is 0 Å². The van der Waals surface area contributed by atoms with E-state index in [0.29, 0.717) is 17.2 Å². The summed E-state index contributed by atoms with van der Waals surface area (Å²) in [4.78, 5) is 4.04. The Bertz CT molecular complexity index is 304. The molecule has 0 spiro atoms. The molecule has 3 nitrogen and oxygen atoms in total. The van der Waals surface area contributed by atoms with Gasteiger partial charge in [0.1, 0.15) is 5.15 Å². The summed E-state index contributed by atoms with van der Waals surface area (Å²) < 4.78 is 0. The van der Waals surface area contributed by atoms with E-state index in [-0.39, 0.29) is 0 Å². The molecule has 1 aromatic heterocycles. The van der Waals surface area contributed by atoms with E-state index in [1.165, 1.54) is 0 Å². The minimum absolute atomic E-state index is 0.395. The molecule has 15 heavy (non-hydrogen) atoms. The van der Waals surface area contributed by atoms with Gasteiger partial charge in [-0.2, -0.15) is 0 Å². The molecule has 4 heteroatoms. The maximum atomic E-state index is 5.85. The van der Waals surface area contributed by atoms with Crippen LogP contribution in [0, 0.1) is 0 Å². The number of nitrogens with two attached hydrogens (primary N) is 1. The van der Waals surface area contributed by atoms with E-state index in [0.717, 1.165) is 31.4 Å². The van der Waals surface area contributed by atoms with Crippen LogP contribution in [0.5, 0.6) is 0 Å². The van der Waals surface area contributed by atoms with Gasteiger partial charge >= 0.3 is 0 Å². The molecular weight excluding hydrogens is 210 g/mol. The molecule has 2 rings (SSSR count). The van der Waals surface area contributed by atoms with Crippen molar-refractivity contribution in [2.45, 2.75) is 37.8 Å². The largest absolute Gasteiger partial charge is 0.381 e. The fourth-order valence-corrected chi connectivity index (χ4v) is 2.07. The first-order valence-electron chi connectivity index (χ1n) is 5.38. The van der Waals surface area contributed by atoms with Crippen molar-refractivity contribution in [1.82, 2.24) is 4.98 Å². The Morgan fingerprint density at radius 2 is 2.00 bits per heavy atom. The topological polar surface area (TPSA) is 50.9 Å². The smallest absolute Gasteiger partial charge is 0.129 e. The van der Waals surface area contributed by atoms with Crippen LogP contribution in [0.3, 0.4) is 0 Å². The number of hydrogen-bond donors (Lipinski definition) is 2. The molecule has 0 aliphatic heterocycles. The maximum absolute atomic E-state index is 5.85. The first-order chi connectivity index (χ1) is 7.24. The Hall–Kier alpha value is -0.800. The van der Waals surface area contributed by atoms with Gasteiger partial charge in [0.2, 0.25) is 0 Å². The highest BCUT2D eigenvalue weighted by atomic mass is 35.5. The lowest BCUT2D eigenvalue weighted by molar-refractivity contribution is 0.411. The Kier molecular flexibility index (Phi) is 3.44. The quantitative estimate of drug-likeness (QED) is 0.761. The summed E-state index contributed by atoms with van der Waals surface area (Å²) in [6.07, 6.45) is 6.28. The highest BCUT2D eigenvalue weighted by Gasteiger charge is 2.17. The minimum Gasteiger partial charge on any atom is -0.381 e. The van der Waals surface area contributed by atoms with Crippen molar-refractivity contribution in [2.75, 3.05) is 5.32 Å². The molecule has 0 radical (unpaired) electrons. The van der Waals surface area contributed by atoms with Crippen molar-refractivity contribution in [1.29, 1.82) is 0 Å². The number of halogens is 1. The van der Waals surface area contributed by atoms with Crippen LogP contribution in [-0.4, -0.2) is 17.1 Å². The molecule has 0 aromatic carbocycles. The van der Waals surface area contributed by atoms with Gasteiger partial charge in [0.05, 0.1) is 11.9 Å². The zero-order valence-electron chi connectivity index (χ0n) is 8.62. The Labute approximate surface area is 95.0 Å². The number of pyridine rings is 1. The number of hydrogen-bond acceptors (Lipinski definition) is 3. The van der Waals surface area contributed by atoms with Gasteiger partial charge in [-0.05, 0) is 37.8 Å². The number of aromatic nitrogens is 1. The molecule has 1 heterocycles. The van der Waals surface area contributed by atoms with E-state index in [1.54, 1.807) is 12.3 Å². The number of nitrogens with zero attached hydrogens (tertiary/aromatic N) is 1. The van der Waals surface area contributed by atoms with Crippen LogP contribution in [0.15, 0.2) is 18.3 Å². The van der Waals surface area contributed by atoms with Crippen LogP contribution in [0.2, 0.25) is 5.15 Å². The lowest BCUT2D eigenvalue weighted by Crippen LogP contribution is -2.32. The van der Waals surface area contributed by atoms with Crippen LogP contribution in [-0.2, 0) is 0 Å². The normalized spacial score (nSPS) is 26.3. The molecule has 1 aromatic rings. The molecule has 0 atom stereocenters. The second-order valence-corrected chi connectivity index (χ2v) is 4.51. The van der Waals surface area contributed by atoms with Crippen LogP contribution >= 0.6 is 11.6 Å². The van der Waals surface area contributed by atoms with Crippen molar-refractivity contribution in [3.63, 3.8) is 0 Å². The van der Waals surface area contributed by atoms with Crippen molar-refractivity contribution >= 4 is 17.3 Å². The first kappa shape index (κ1) is 10.7. The zero-order valence-corrected chi connectivity index (χ0v) is 9.37. The molecular formula is C11H16ClN3. The maximum Gasteiger partial charge on any atom is 0.129 e. The third kappa shape index (κ3) is 3.08. The predicted octanol–water partition coefficient (Wildman–Crippen LogP) is 2.42. The Morgan fingerprint density at radius 1 is 1.27 bits per heavy atom. The van der Waals surface area contributed by atoms with E-state index >= 15 is 0 Å². The monoisotopic (exact) mass is 225 g/mol. The van der Waals surface area contributed by atoms with Gasteiger partial charge in [0.15, 0.2) is 0 Å². The Morgan fingerprint density at radius 3 is 2.60 bits per heavy atom. The summed E-state index contributed by atoms with van der Waals surface area (Å²) in [6, 6.07) is 4.70. The first-order valence-corrected chi connectivity index (χ1v) is 5.75. The molecule has 3 N–H and O–H groups in total. The molecule has 0 amide bonds. The van der Waals surface area contributed by atoms with Crippen molar-refractivity contribution < 1.29 is 0 Å². The molecule has 1 aliphatic carbocycles. The fraction of sp³-hybridized carbons (Fsp3) is 0.545. The van der Waals surface area contributed by atoms with Crippen LogP contribution in [0.1, 0.15) is 25.7 Å². The molecule has 1 fully saturated rings. The van der Waals surface area contributed by atoms with E-state index in [2.05, 4.69) is 10.3 Å². The summed E-state index contributed by atoms with van der Waals surface area (Å²) in [5, 5.41) is 3.99. The second kappa shape index (κ2) is 4.81. The van der Waals surface area contributed by atoms with Crippen LogP contribution in [0.4, 0.5) is 5.69 Å². The van der Waals surface area contributed by atoms with Crippen LogP contribution in [0.25, 0.3) is 0 Å². The minimum atomic E-state index is 0.395. The highest BCUT2D eigenvalue weighted by molar-refractivity contribution is 6.29. The van der Waals surface area contributed by atoms with E-state index in [4.69, 9.17) is 17.3 Å². The molecule has 0 bridgehead atoms. The summed E-state index contributed by atoms with van der Waals surface area (Å²) >= 11 is 5.72. The van der Waals surface area contributed by atoms with Crippen molar-refractivity contribution in [2.24, 2.45) is 5.73 Å². The van der Waals surface area contributed by atoms with Gasteiger partial charge in [-0.25, -0.2) is 4.98 Å². The van der Waals surface area contributed by atoms with Gasteiger partial charge < -0.3 is 11.1 Å². The lowest BCUT2D eigenvalue weighted by Gasteiger charge is -2.27. The summed E-state index contributed by atoms with van der Waals surface area (Å²) in [7, 11) is 0. The zero-order chi connectivity index (χ0) is 10.7. The van der Waals surface area contributed by atoms with E-state index in [1.807, 2.05) is 6.07 Å². The summed E-state index contributed by atoms with van der Waals surface area (Å²) in [5.74, 6) is 0. The SMILES string of the molecule is NC1CCC(Nc2ccc(Cl)nc2)CC1. The van der Waals surface area contributed by atoms with Gasteiger partial charge in [0, 0.05) is 12.1 Å². The molecule has 0 unspecified atom stereocenters.